The summed E-state index contributed by atoms with van der Waals surface area (Å²) in [5.74, 6) is -1.77. The molecule has 0 aromatic rings. The minimum Gasteiger partial charge on any atom is -0.481 e. The van der Waals surface area contributed by atoms with Crippen molar-refractivity contribution < 1.29 is 19.5 Å². The molecule has 0 radical (unpaired) electrons. The van der Waals surface area contributed by atoms with E-state index in [-0.39, 0.29) is 11.8 Å². The second-order valence-electron chi connectivity index (χ2n) is 4.92. The fourth-order valence-electron chi connectivity index (χ4n) is 2.16. The van der Waals surface area contributed by atoms with E-state index in [0.29, 0.717) is 0 Å². The molecule has 0 heterocycles. The van der Waals surface area contributed by atoms with Gasteiger partial charge in [-0.25, -0.2) is 0 Å². The van der Waals surface area contributed by atoms with E-state index in [4.69, 9.17) is 10.8 Å². The van der Waals surface area contributed by atoms with E-state index >= 15 is 0 Å². The zero-order valence-electron chi connectivity index (χ0n) is 11.0. The molecule has 0 aliphatic heterocycles. The highest BCUT2D eigenvalue weighted by Crippen LogP contribution is 2.24. The summed E-state index contributed by atoms with van der Waals surface area (Å²) in [5.41, 5.74) is 5.41. The van der Waals surface area contributed by atoms with Crippen molar-refractivity contribution in [3.8, 4) is 0 Å². The van der Waals surface area contributed by atoms with Crippen LogP contribution in [0.25, 0.3) is 0 Å². The zero-order valence-corrected chi connectivity index (χ0v) is 11.0. The Balaban J connectivity index is 2.33. The molecule has 1 aliphatic carbocycles. The SMILES string of the molecule is CC(NC(=O)C(N)CC(=O)O)NC(=O)C1CCCC1. The lowest BCUT2D eigenvalue weighted by molar-refractivity contribution is -0.139. The predicted octanol–water partition coefficient (Wildman–Crippen LogP) is -0.443. The van der Waals surface area contributed by atoms with Crippen LogP contribution in [-0.4, -0.2) is 35.1 Å². The van der Waals surface area contributed by atoms with E-state index < -0.39 is 30.5 Å². The van der Waals surface area contributed by atoms with Crippen molar-refractivity contribution in [1.82, 2.24) is 10.6 Å². The van der Waals surface area contributed by atoms with E-state index in [1.165, 1.54) is 0 Å². The molecule has 1 rings (SSSR count). The number of rotatable bonds is 6. The van der Waals surface area contributed by atoms with E-state index in [9.17, 15) is 14.4 Å². The maximum atomic E-state index is 11.8. The molecule has 7 heteroatoms. The Bertz CT molecular complexity index is 353. The van der Waals surface area contributed by atoms with Crippen LogP contribution in [0.3, 0.4) is 0 Å². The van der Waals surface area contributed by atoms with Crippen molar-refractivity contribution >= 4 is 17.8 Å². The van der Waals surface area contributed by atoms with Gasteiger partial charge in [0.15, 0.2) is 0 Å². The molecule has 1 fully saturated rings. The summed E-state index contributed by atoms with van der Waals surface area (Å²) in [7, 11) is 0. The van der Waals surface area contributed by atoms with Crippen LogP contribution < -0.4 is 16.4 Å². The van der Waals surface area contributed by atoms with E-state index in [0.717, 1.165) is 25.7 Å². The number of carbonyl (C=O) groups excluding carboxylic acids is 2. The van der Waals surface area contributed by atoms with Crippen LogP contribution >= 0.6 is 0 Å². The molecule has 0 bridgehead atoms. The molecule has 2 amide bonds. The molecular weight excluding hydrogens is 250 g/mol. The van der Waals surface area contributed by atoms with Crippen molar-refractivity contribution in [2.45, 2.75) is 51.2 Å². The maximum absolute atomic E-state index is 11.8. The number of carboxylic acid groups (broad SMARTS) is 1. The summed E-state index contributed by atoms with van der Waals surface area (Å²) in [6.07, 6.45) is 2.89. The van der Waals surface area contributed by atoms with Crippen molar-refractivity contribution in [2.24, 2.45) is 11.7 Å². The maximum Gasteiger partial charge on any atom is 0.305 e. The fraction of sp³-hybridized carbons (Fsp3) is 0.750. The lowest BCUT2D eigenvalue weighted by Gasteiger charge is -2.19. The van der Waals surface area contributed by atoms with Gasteiger partial charge in [-0.2, -0.15) is 0 Å². The number of hydrogen-bond donors (Lipinski definition) is 4. The van der Waals surface area contributed by atoms with Gasteiger partial charge >= 0.3 is 5.97 Å². The van der Waals surface area contributed by atoms with E-state index in [1.54, 1.807) is 6.92 Å². The molecule has 1 saturated carbocycles. The van der Waals surface area contributed by atoms with Gasteiger partial charge in [-0.05, 0) is 19.8 Å². The Morgan fingerprint density at radius 2 is 1.84 bits per heavy atom. The van der Waals surface area contributed by atoms with Crippen molar-refractivity contribution in [3.05, 3.63) is 0 Å². The number of hydrogen-bond acceptors (Lipinski definition) is 4. The second kappa shape index (κ2) is 7.08. The molecule has 0 aromatic carbocycles. The van der Waals surface area contributed by atoms with Crippen LogP contribution in [0.4, 0.5) is 0 Å². The second-order valence-corrected chi connectivity index (χ2v) is 4.92. The third kappa shape index (κ3) is 5.25. The quantitative estimate of drug-likeness (QED) is 0.488. The van der Waals surface area contributed by atoms with Gasteiger partial charge < -0.3 is 21.5 Å². The van der Waals surface area contributed by atoms with Gasteiger partial charge in [-0.3, -0.25) is 14.4 Å². The van der Waals surface area contributed by atoms with Crippen molar-refractivity contribution in [2.75, 3.05) is 0 Å². The van der Waals surface area contributed by atoms with Crippen LogP contribution in [-0.2, 0) is 14.4 Å². The van der Waals surface area contributed by atoms with Gasteiger partial charge in [-0.15, -0.1) is 0 Å². The Morgan fingerprint density at radius 3 is 2.37 bits per heavy atom. The molecule has 7 nitrogen and oxygen atoms in total. The molecule has 2 atom stereocenters. The Hall–Kier alpha value is -1.63. The van der Waals surface area contributed by atoms with Crippen molar-refractivity contribution in [3.63, 3.8) is 0 Å². The van der Waals surface area contributed by atoms with Crippen LogP contribution in [0.2, 0.25) is 0 Å². The first-order valence-electron chi connectivity index (χ1n) is 6.48. The summed E-state index contributed by atoms with van der Waals surface area (Å²) in [5, 5.41) is 13.7. The van der Waals surface area contributed by atoms with Crippen LogP contribution in [0.15, 0.2) is 0 Å². The molecule has 19 heavy (non-hydrogen) atoms. The van der Waals surface area contributed by atoms with Crippen LogP contribution in [0, 0.1) is 5.92 Å². The number of nitrogens with two attached hydrogens (primary N) is 1. The van der Waals surface area contributed by atoms with Crippen LogP contribution in [0.1, 0.15) is 39.0 Å². The summed E-state index contributed by atoms with van der Waals surface area (Å²) in [6, 6.07) is -1.11. The topological polar surface area (TPSA) is 122 Å². The molecule has 2 unspecified atom stereocenters. The Morgan fingerprint density at radius 1 is 1.26 bits per heavy atom. The molecule has 1 aliphatic rings. The lowest BCUT2D eigenvalue weighted by Crippen LogP contribution is -2.52. The van der Waals surface area contributed by atoms with Gasteiger partial charge in [0, 0.05) is 5.92 Å². The van der Waals surface area contributed by atoms with Gasteiger partial charge in [0.25, 0.3) is 0 Å². The van der Waals surface area contributed by atoms with E-state index in [1.807, 2.05) is 0 Å². The minimum absolute atomic E-state index is 0.0204. The zero-order chi connectivity index (χ0) is 14.4. The number of carboxylic acids is 1. The third-order valence-electron chi connectivity index (χ3n) is 3.17. The molecular formula is C12H21N3O4. The smallest absolute Gasteiger partial charge is 0.305 e. The highest BCUT2D eigenvalue weighted by molar-refractivity contribution is 5.86. The minimum atomic E-state index is -1.13. The van der Waals surface area contributed by atoms with E-state index in [2.05, 4.69) is 10.6 Å². The van der Waals surface area contributed by atoms with Crippen molar-refractivity contribution in [1.29, 1.82) is 0 Å². The highest BCUT2D eigenvalue weighted by atomic mass is 16.4. The molecule has 0 aromatic heterocycles. The average molecular weight is 271 g/mol. The first-order chi connectivity index (χ1) is 8.90. The molecule has 108 valence electrons. The normalized spacial score (nSPS) is 18.6. The van der Waals surface area contributed by atoms with Gasteiger partial charge in [-0.1, -0.05) is 12.8 Å². The predicted molar refractivity (Wildman–Crippen MR) is 67.9 cm³/mol. The van der Waals surface area contributed by atoms with Gasteiger partial charge in [0.1, 0.15) is 0 Å². The summed E-state index contributed by atoms with van der Waals surface area (Å²) in [6.45, 7) is 1.62. The third-order valence-corrected chi connectivity index (χ3v) is 3.17. The highest BCUT2D eigenvalue weighted by Gasteiger charge is 2.25. The molecule has 0 spiro atoms. The summed E-state index contributed by atoms with van der Waals surface area (Å²) in [4.78, 5) is 33.8. The molecule has 5 N–H and O–H groups in total. The first-order valence-corrected chi connectivity index (χ1v) is 6.48. The number of amides is 2. The van der Waals surface area contributed by atoms with Gasteiger partial charge in [0.05, 0.1) is 18.6 Å². The largest absolute Gasteiger partial charge is 0.481 e. The summed E-state index contributed by atoms with van der Waals surface area (Å²) < 4.78 is 0. The first kappa shape index (κ1) is 15.4. The number of nitrogens with one attached hydrogen (secondary N) is 2. The number of aliphatic carboxylic acids is 1. The van der Waals surface area contributed by atoms with Gasteiger partial charge in [0.2, 0.25) is 11.8 Å². The fourth-order valence-corrected chi connectivity index (χ4v) is 2.16. The lowest BCUT2D eigenvalue weighted by atomic mass is 10.1. The summed E-state index contributed by atoms with van der Waals surface area (Å²) >= 11 is 0. The molecule has 0 saturated heterocycles. The Kier molecular flexibility index (Phi) is 5.75. The monoisotopic (exact) mass is 271 g/mol. The number of carbonyl (C=O) groups is 3. The van der Waals surface area contributed by atoms with Crippen LogP contribution in [0.5, 0.6) is 0 Å². The Labute approximate surface area is 111 Å². The average Bonchev–Trinajstić information content (AvgIpc) is 2.80. The standard InChI is InChI=1S/C12H21N3O4/c1-7(14-11(18)8-4-2-3-5-8)15-12(19)9(13)6-10(16)17/h7-9H,2-6,13H2,1H3,(H,14,18)(H,15,19)(H,16,17).